The van der Waals surface area contributed by atoms with Gasteiger partial charge in [0.1, 0.15) is 5.75 Å². The molecule has 0 aliphatic heterocycles. The summed E-state index contributed by atoms with van der Waals surface area (Å²) in [5.41, 5.74) is 7.06. The SMILES string of the molecule is CC(C)CC(C)COc1cccc(CC(C)N)c1. The molecule has 1 rings (SSSR count). The molecule has 1 aromatic carbocycles. The van der Waals surface area contributed by atoms with E-state index in [0.29, 0.717) is 5.92 Å². The second-order valence-electron chi connectivity index (χ2n) is 5.87. The topological polar surface area (TPSA) is 35.2 Å². The van der Waals surface area contributed by atoms with Crippen LogP contribution in [0, 0.1) is 11.8 Å². The standard InChI is InChI=1S/C16H27NO/c1-12(2)8-13(3)11-18-16-7-5-6-15(10-16)9-14(4)17/h5-7,10,12-14H,8-9,11,17H2,1-4H3. The van der Waals surface area contributed by atoms with Gasteiger partial charge in [-0.25, -0.2) is 0 Å². The molecule has 0 saturated carbocycles. The Kier molecular flexibility index (Phi) is 6.20. The highest BCUT2D eigenvalue weighted by atomic mass is 16.5. The summed E-state index contributed by atoms with van der Waals surface area (Å²) >= 11 is 0. The molecule has 2 heteroatoms. The van der Waals surface area contributed by atoms with E-state index in [4.69, 9.17) is 10.5 Å². The van der Waals surface area contributed by atoms with Crippen LogP contribution >= 0.6 is 0 Å². The van der Waals surface area contributed by atoms with E-state index >= 15 is 0 Å². The largest absolute Gasteiger partial charge is 0.493 e. The zero-order chi connectivity index (χ0) is 13.5. The molecule has 1 aromatic rings. The molecule has 0 spiro atoms. The van der Waals surface area contributed by atoms with Crippen molar-refractivity contribution in [3.05, 3.63) is 29.8 Å². The van der Waals surface area contributed by atoms with Gasteiger partial charge in [-0.1, -0.05) is 32.9 Å². The molecule has 0 heterocycles. The van der Waals surface area contributed by atoms with Crippen LogP contribution < -0.4 is 10.5 Å². The Morgan fingerprint density at radius 2 is 1.89 bits per heavy atom. The molecule has 102 valence electrons. The Hall–Kier alpha value is -1.02. The predicted molar refractivity (Wildman–Crippen MR) is 77.9 cm³/mol. The molecule has 0 aromatic heterocycles. The third-order valence-corrected chi connectivity index (χ3v) is 2.86. The van der Waals surface area contributed by atoms with Gasteiger partial charge in [0.2, 0.25) is 0 Å². The van der Waals surface area contributed by atoms with Crippen molar-refractivity contribution in [2.75, 3.05) is 6.61 Å². The van der Waals surface area contributed by atoms with Gasteiger partial charge >= 0.3 is 0 Å². The zero-order valence-electron chi connectivity index (χ0n) is 12.1. The van der Waals surface area contributed by atoms with Crippen molar-refractivity contribution in [1.82, 2.24) is 0 Å². The van der Waals surface area contributed by atoms with Gasteiger partial charge in [0.25, 0.3) is 0 Å². The second kappa shape index (κ2) is 7.42. The Morgan fingerprint density at radius 3 is 2.50 bits per heavy atom. The maximum absolute atomic E-state index is 5.85. The molecule has 0 aliphatic rings. The molecular weight excluding hydrogens is 222 g/mol. The van der Waals surface area contributed by atoms with Gasteiger partial charge in [0.05, 0.1) is 6.61 Å². The highest BCUT2D eigenvalue weighted by molar-refractivity contribution is 5.29. The van der Waals surface area contributed by atoms with Crippen LogP contribution in [-0.2, 0) is 6.42 Å². The first-order valence-electron chi connectivity index (χ1n) is 6.94. The lowest BCUT2D eigenvalue weighted by Crippen LogP contribution is -2.17. The monoisotopic (exact) mass is 249 g/mol. The molecule has 0 saturated heterocycles. The van der Waals surface area contributed by atoms with E-state index in [1.807, 2.05) is 19.1 Å². The van der Waals surface area contributed by atoms with Crippen molar-refractivity contribution in [3.63, 3.8) is 0 Å². The fourth-order valence-corrected chi connectivity index (χ4v) is 2.25. The van der Waals surface area contributed by atoms with Crippen LogP contribution in [-0.4, -0.2) is 12.6 Å². The van der Waals surface area contributed by atoms with Crippen LogP contribution in [0.25, 0.3) is 0 Å². The third kappa shape index (κ3) is 6.06. The summed E-state index contributed by atoms with van der Waals surface area (Å²) in [4.78, 5) is 0. The van der Waals surface area contributed by atoms with Crippen molar-refractivity contribution in [2.24, 2.45) is 17.6 Å². The normalized spacial score (nSPS) is 14.6. The van der Waals surface area contributed by atoms with Crippen molar-refractivity contribution in [2.45, 2.75) is 46.6 Å². The Labute approximate surface area is 112 Å². The van der Waals surface area contributed by atoms with Gasteiger partial charge in [-0.15, -0.1) is 0 Å². The summed E-state index contributed by atoms with van der Waals surface area (Å²) in [6, 6.07) is 8.46. The molecule has 18 heavy (non-hydrogen) atoms. The minimum Gasteiger partial charge on any atom is -0.493 e. The van der Waals surface area contributed by atoms with Crippen LogP contribution in [0.1, 0.15) is 39.7 Å². The molecule has 0 bridgehead atoms. The van der Waals surface area contributed by atoms with Gasteiger partial charge in [-0.2, -0.15) is 0 Å². The average molecular weight is 249 g/mol. The molecule has 2 N–H and O–H groups in total. The number of ether oxygens (including phenoxy) is 1. The second-order valence-corrected chi connectivity index (χ2v) is 5.87. The van der Waals surface area contributed by atoms with E-state index in [2.05, 4.69) is 32.9 Å². The van der Waals surface area contributed by atoms with Crippen LogP contribution in [0.15, 0.2) is 24.3 Å². The lowest BCUT2D eigenvalue weighted by Gasteiger charge is -2.15. The average Bonchev–Trinajstić information content (AvgIpc) is 2.25. The summed E-state index contributed by atoms with van der Waals surface area (Å²) in [5.74, 6) is 2.29. The fraction of sp³-hybridized carbons (Fsp3) is 0.625. The highest BCUT2D eigenvalue weighted by Crippen LogP contribution is 2.17. The van der Waals surface area contributed by atoms with Crippen molar-refractivity contribution < 1.29 is 4.74 Å². The maximum Gasteiger partial charge on any atom is 0.119 e. The minimum atomic E-state index is 0.195. The van der Waals surface area contributed by atoms with Crippen LogP contribution in [0.2, 0.25) is 0 Å². The van der Waals surface area contributed by atoms with Crippen molar-refractivity contribution >= 4 is 0 Å². The first kappa shape index (κ1) is 15.0. The van der Waals surface area contributed by atoms with Gasteiger partial charge < -0.3 is 10.5 Å². The Morgan fingerprint density at radius 1 is 1.17 bits per heavy atom. The quantitative estimate of drug-likeness (QED) is 0.800. The summed E-state index contributed by atoms with van der Waals surface area (Å²) in [6.07, 6.45) is 2.11. The van der Waals surface area contributed by atoms with Crippen LogP contribution in [0.5, 0.6) is 5.75 Å². The lowest BCUT2D eigenvalue weighted by atomic mass is 10.00. The number of hydrogen-bond donors (Lipinski definition) is 1. The van der Waals surface area contributed by atoms with E-state index < -0.39 is 0 Å². The van der Waals surface area contributed by atoms with Gasteiger partial charge in [-0.3, -0.25) is 0 Å². The first-order chi connectivity index (χ1) is 8.47. The Balaban J connectivity index is 2.47. The van der Waals surface area contributed by atoms with Crippen LogP contribution in [0.3, 0.4) is 0 Å². The summed E-state index contributed by atoms with van der Waals surface area (Å²) in [6.45, 7) is 9.56. The summed E-state index contributed by atoms with van der Waals surface area (Å²) in [5, 5.41) is 0. The summed E-state index contributed by atoms with van der Waals surface area (Å²) in [7, 11) is 0. The van der Waals surface area contributed by atoms with Crippen molar-refractivity contribution in [3.8, 4) is 5.75 Å². The van der Waals surface area contributed by atoms with Crippen molar-refractivity contribution in [1.29, 1.82) is 0 Å². The van der Waals surface area contributed by atoms with E-state index in [9.17, 15) is 0 Å². The summed E-state index contributed by atoms with van der Waals surface area (Å²) < 4.78 is 5.85. The van der Waals surface area contributed by atoms with Gasteiger partial charge in [0.15, 0.2) is 0 Å². The molecular formula is C16H27NO. The molecule has 0 radical (unpaired) electrons. The molecule has 0 fully saturated rings. The number of benzene rings is 1. The fourth-order valence-electron chi connectivity index (χ4n) is 2.25. The van der Waals surface area contributed by atoms with Gasteiger partial charge in [0, 0.05) is 6.04 Å². The van der Waals surface area contributed by atoms with Crippen LogP contribution in [0.4, 0.5) is 0 Å². The number of nitrogens with two attached hydrogens (primary N) is 1. The minimum absolute atomic E-state index is 0.195. The highest BCUT2D eigenvalue weighted by Gasteiger charge is 2.06. The van der Waals surface area contributed by atoms with Gasteiger partial charge in [-0.05, 0) is 49.3 Å². The van der Waals surface area contributed by atoms with E-state index in [1.54, 1.807) is 0 Å². The molecule has 2 atom stereocenters. The number of rotatable bonds is 7. The zero-order valence-corrected chi connectivity index (χ0v) is 12.1. The van der Waals surface area contributed by atoms with E-state index in [1.165, 1.54) is 12.0 Å². The first-order valence-corrected chi connectivity index (χ1v) is 6.94. The van der Waals surface area contributed by atoms with E-state index in [-0.39, 0.29) is 6.04 Å². The third-order valence-electron chi connectivity index (χ3n) is 2.86. The lowest BCUT2D eigenvalue weighted by molar-refractivity contribution is 0.239. The van der Waals surface area contributed by atoms with E-state index in [0.717, 1.165) is 24.7 Å². The number of hydrogen-bond acceptors (Lipinski definition) is 2. The predicted octanol–water partition coefficient (Wildman–Crippen LogP) is 3.64. The molecule has 0 amide bonds. The molecule has 0 aliphatic carbocycles. The molecule has 2 nitrogen and oxygen atoms in total. The maximum atomic E-state index is 5.85. The smallest absolute Gasteiger partial charge is 0.119 e. The Bertz CT molecular complexity index is 347. The molecule has 2 unspecified atom stereocenters.